The number of hydrogen-bond donors (Lipinski definition) is 1. The van der Waals surface area contributed by atoms with Crippen molar-refractivity contribution in [3.05, 3.63) is 130 Å². The second kappa shape index (κ2) is 8.40. The second-order valence-electron chi connectivity index (χ2n) is 9.84. The third kappa shape index (κ3) is 3.26. The number of carbonyl (C=O) groups excluding carboxylic acids is 2. The fourth-order valence-corrected chi connectivity index (χ4v) is 6.66. The van der Waals surface area contributed by atoms with Crippen molar-refractivity contribution in [2.75, 3.05) is 4.90 Å². The summed E-state index contributed by atoms with van der Waals surface area (Å²) in [5, 5.41) is 3.73. The van der Waals surface area contributed by atoms with Crippen LogP contribution >= 0.6 is 15.9 Å². The minimum Gasteiger partial charge on any atom is -0.426 e. The Morgan fingerprint density at radius 1 is 0.838 bits per heavy atom. The van der Waals surface area contributed by atoms with Gasteiger partial charge in [-0.05, 0) is 35.4 Å². The lowest BCUT2D eigenvalue weighted by molar-refractivity contribution is -0.141. The number of fused-ring (bicyclic) bond motifs is 6. The number of nitrogens with one attached hydrogen (secondary N) is 1. The SMILES string of the molecule is O=C1Oc2ccccc2[C@@H]2[C@H]1[C@@H](c1ccc(Br)cc1)N[C@]21C(=O)N(Cc2ccccc2)c2ccccc21. The molecule has 3 aliphatic rings. The van der Waals surface area contributed by atoms with Crippen molar-refractivity contribution in [3.63, 3.8) is 0 Å². The number of anilines is 1. The van der Waals surface area contributed by atoms with Crippen molar-refractivity contribution in [1.29, 1.82) is 0 Å². The van der Waals surface area contributed by atoms with Gasteiger partial charge in [0.2, 0.25) is 0 Å². The van der Waals surface area contributed by atoms with Gasteiger partial charge in [-0.1, -0.05) is 94.8 Å². The quantitative estimate of drug-likeness (QED) is 0.256. The Hall–Kier alpha value is -3.74. The van der Waals surface area contributed by atoms with Crippen LogP contribution in [0.5, 0.6) is 5.75 Å². The average Bonchev–Trinajstić information content (AvgIpc) is 3.41. The minimum atomic E-state index is -1.11. The summed E-state index contributed by atoms with van der Waals surface area (Å²) in [7, 11) is 0. The standard InChI is InChI=1S/C31H23BrN2O3/c32-21-16-14-20(15-17-21)28-26-27(22-10-4-7-13-25(22)37-29(26)35)31(33-28)23-11-5-6-12-24(23)34(30(31)36)18-19-8-2-1-3-9-19/h1-17,26-28,33H,18H2/t26-,27+,28+,31-/m0/s1. The van der Waals surface area contributed by atoms with E-state index in [0.29, 0.717) is 12.3 Å². The number of halogens is 1. The van der Waals surface area contributed by atoms with E-state index >= 15 is 0 Å². The minimum absolute atomic E-state index is 0.0448. The zero-order chi connectivity index (χ0) is 25.1. The summed E-state index contributed by atoms with van der Waals surface area (Å²) in [6, 6.07) is 33.1. The van der Waals surface area contributed by atoms with Gasteiger partial charge in [0, 0.05) is 33.2 Å². The zero-order valence-corrected chi connectivity index (χ0v) is 21.4. The number of rotatable bonds is 3. The number of esters is 1. The van der Waals surface area contributed by atoms with Crippen molar-refractivity contribution >= 4 is 33.5 Å². The van der Waals surface area contributed by atoms with Crippen molar-refractivity contribution in [3.8, 4) is 5.75 Å². The number of hydrogen-bond acceptors (Lipinski definition) is 4. The third-order valence-electron chi connectivity index (χ3n) is 7.92. The van der Waals surface area contributed by atoms with Gasteiger partial charge in [-0.3, -0.25) is 14.9 Å². The second-order valence-corrected chi connectivity index (χ2v) is 10.8. The molecule has 4 atom stereocenters. The van der Waals surface area contributed by atoms with E-state index in [0.717, 1.165) is 32.4 Å². The maximum atomic E-state index is 14.7. The molecule has 182 valence electrons. The lowest BCUT2D eigenvalue weighted by atomic mass is 9.70. The number of ether oxygens (including phenoxy) is 1. The van der Waals surface area contributed by atoms with Gasteiger partial charge in [-0.15, -0.1) is 0 Å². The van der Waals surface area contributed by atoms with E-state index in [9.17, 15) is 9.59 Å². The Labute approximate surface area is 223 Å². The highest BCUT2D eigenvalue weighted by atomic mass is 79.9. The van der Waals surface area contributed by atoms with E-state index in [1.807, 2.05) is 108 Å². The Morgan fingerprint density at radius 2 is 1.54 bits per heavy atom. The zero-order valence-electron chi connectivity index (χ0n) is 19.8. The summed E-state index contributed by atoms with van der Waals surface area (Å²) in [5.74, 6) is -0.819. The first-order valence-electron chi connectivity index (χ1n) is 12.4. The maximum absolute atomic E-state index is 14.7. The van der Waals surface area contributed by atoms with Crippen LogP contribution < -0.4 is 15.0 Å². The highest BCUT2D eigenvalue weighted by Gasteiger charge is 2.67. The summed E-state index contributed by atoms with van der Waals surface area (Å²) < 4.78 is 6.81. The van der Waals surface area contributed by atoms with Gasteiger partial charge in [0.05, 0.1) is 12.5 Å². The predicted molar refractivity (Wildman–Crippen MR) is 144 cm³/mol. The molecule has 7 rings (SSSR count). The van der Waals surface area contributed by atoms with Crippen molar-refractivity contribution in [2.45, 2.75) is 24.0 Å². The van der Waals surface area contributed by atoms with Crippen LogP contribution in [0.4, 0.5) is 5.69 Å². The van der Waals surface area contributed by atoms with Crippen LogP contribution in [0.2, 0.25) is 0 Å². The average molecular weight is 551 g/mol. The number of nitrogens with zero attached hydrogens (tertiary/aromatic N) is 1. The third-order valence-corrected chi connectivity index (χ3v) is 8.45. The first kappa shape index (κ1) is 22.5. The van der Waals surface area contributed by atoms with Gasteiger partial charge in [-0.25, -0.2) is 0 Å². The Balaban J connectivity index is 1.45. The first-order valence-corrected chi connectivity index (χ1v) is 13.2. The monoisotopic (exact) mass is 550 g/mol. The van der Waals surface area contributed by atoms with Gasteiger partial charge < -0.3 is 9.64 Å². The smallest absolute Gasteiger partial charge is 0.317 e. The van der Waals surface area contributed by atoms with Crippen LogP contribution in [0.1, 0.15) is 34.2 Å². The van der Waals surface area contributed by atoms with Gasteiger partial charge in [0.1, 0.15) is 11.3 Å². The molecule has 1 amide bonds. The molecule has 1 spiro atoms. The highest BCUT2D eigenvalue weighted by Crippen LogP contribution is 2.61. The van der Waals surface area contributed by atoms with E-state index in [2.05, 4.69) is 21.2 Å². The molecule has 6 heteroatoms. The topological polar surface area (TPSA) is 58.6 Å². The normalized spacial score (nSPS) is 25.5. The molecule has 4 aromatic rings. The van der Waals surface area contributed by atoms with Gasteiger partial charge in [0.15, 0.2) is 0 Å². The molecule has 37 heavy (non-hydrogen) atoms. The molecule has 0 unspecified atom stereocenters. The molecule has 1 saturated heterocycles. The van der Waals surface area contributed by atoms with Gasteiger partial charge in [0.25, 0.3) is 5.91 Å². The van der Waals surface area contributed by atoms with Crippen LogP contribution in [0.3, 0.4) is 0 Å². The molecule has 3 aliphatic heterocycles. The molecule has 4 aromatic carbocycles. The number of carbonyl (C=O) groups is 2. The van der Waals surface area contributed by atoms with Crippen molar-refractivity contribution in [2.24, 2.45) is 5.92 Å². The van der Waals surface area contributed by atoms with Crippen LogP contribution in [0.15, 0.2) is 108 Å². The van der Waals surface area contributed by atoms with E-state index in [4.69, 9.17) is 4.74 Å². The molecule has 1 N–H and O–H groups in total. The molecule has 3 heterocycles. The van der Waals surface area contributed by atoms with Crippen LogP contribution in [0, 0.1) is 5.92 Å². The first-order chi connectivity index (χ1) is 18.1. The number of para-hydroxylation sites is 2. The molecule has 0 aromatic heterocycles. The van der Waals surface area contributed by atoms with E-state index in [1.54, 1.807) is 0 Å². The number of benzene rings is 4. The summed E-state index contributed by atoms with van der Waals surface area (Å²) in [6.07, 6.45) is 0. The van der Waals surface area contributed by atoms with E-state index in [-0.39, 0.29) is 11.9 Å². The van der Waals surface area contributed by atoms with Crippen LogP contribution in [-0.2, 0) is 21.7 Å². The molecule has 0 bridgehead atoms. The summed E-state index contributed by atoms with van der Waals surface area (Å²) in [4.78, 5) is 30.2. The molecule has 1 fully saturated rings. The predicted octanol–water partition coefficient (Wildman–Crippen LogP) is 5.85. The van der Waals surface area contributed by atoms with Crippen molar-refractivity contribution < 1.29 is 14.3 Å². The van der Waals surface area contributed by atoms with Crippen molar-refractivity contribution in [1.82, 2.24) is 5.32 Å². The highest BCUT2D eigenvalue weighted by molar-refractivity contribution is 9.10. The Kier molecular flexibility index (Phi) is 5.10. The van der Waals surface area contributed by atoms with Crippen LogP contribution in [0.25, 0.3) is 0 Å². The molecule has 0 saturated carbocycles. The van der Waals surface area contributed by atoms with Gasteiger partial charge in [-0.2, -0.15) is 0 Å². The molecular formula is C31H23BrN2O3. The molecule has 0 radical (unpaired) electrons. The number of amides is 1. The summed E-state index contributed by atoms with van der Waals surface area (Å²) >= 11 is 3.51. The van der Waals surface area contributed by atoms with Crippen LogP contribution in [-0.4, -0.2) is 11.9 Å². The van der Waals surface area contributed by atoms with E-state index in [1.165, 1.54) is 0 Å². The molecule has 5 nitrogen and oxygen atoms in total. The summed E-state index contributed by atoms with van der Waals surface area (Å²) in [5.41, 5.74) is 3.53. The maximum Gasteiger partial charge on any atom is 0.317 e. The molecule has 0 aliphatic carbocycles. The molecular weight excluding hydrogens is 528 g/mol. The van der Waals surface area contributed by atoms with E-state index < -0.39 is 23.4 Å². The Bertz CT molecular complexity index is 1540. The Morgan fingerprint density at radius 3 is 2.35 bits per heavy atom. The van der Waals surface area contributed by atoms with Gasteiger partial charge >= 0.3 is 5.97 Å². The lowest BCUT2D eigenvalue weighted by Crippen LogP contribution is -2.51. The largest absolute Gasteiger partial charge is 0.426 e. The lowest BCUT2D eigenvalue weighted by Gasteiger charge is -2.35. The summed E-state index contributed by atoms with van der Waals surface area (Å²) in [6.45, 7) is 0.451. The fourth-order valence-electron chi connectivity index (χ4n) is 6.40. The fraction of sp³-hybridized carbons (Fsp3) is 0.161.